The molecule has 2 N–H and O–H groups in total. The lowest BCUT2D eigenvalue weighted by molar-refractivity contribution is 0.00521. The van der Waals surface area contributed by atoms with Gasteiger partial charge in [-0.25, -0.2) is 4.98 Å². The minimum atomic E-state index is -0.467. The number of hydrogen-bond donors (Lipinski definition) is 2. The van der Waals surface area contributed by atoms with Crippen molar-refractivity contribution in [1.29, 1.82) is 0 Å². The average molecular weight is 485 g/mol. The normalized spacial score (nSPS) is 16.1. The van der Waals surface area contributed by atoms with E-state index in [1.165, 1.54) is 22.5 Å². The Morgan fingerprint density at radius 1 is 1.21 bits per heavy atom. The number of benzene rings is 1. The Balaban J connectivity index is 1.52. The van der Waals surface area contributed by atoms with Crippen LogP contribution in [-0.2, 0) is 11.3 Å². The molecule has 1 aliphatic heterocycles. The van der Waals surface area contributed by atoms with Crippen LogP contribution < -0.4 is 5.56 Å². The number of nitrogens with one attached hydrogen (secondary N) is 1. The predicted molar refractivity (Wildman–Crippen MR) is 139 cm³/mol. The van der Waals surface area contributed by atoms with Gasteiger partial charge in [0.15, 0.2) is 0 Å². The Hall–Kier alpha value is -2.10. The highest BCUT2D eigenvalue weighted by Gasteiger charge is 2.20. The molecule has 4 rings (SSSR count). The summed E-state index contributed by atoms with van der Waals surface area (Å²) in [5, 5.41) is 13.4. The number of aromatic amines is 1. The first-order chi connectivity index (χ1) is 16.3. The second-order valence-electron chi connectivity index (χ2n) is 9.80. The average Bonchev–Trinajstić information content (AvgIpc) is 3.20. The Labute approximate surface area is 205 Å². The van der Waals surface area contributed by atoms with Crippen LogP contribution in [0.1, 0.15) is 30.8 Å². The van der Waals surface area contributed by atoms with Crippen molar-refractivity contribution >= 4 is 21.6 Å². The number of ether oxygens (including phenoxy) is 1. The van der Waals surface area contributed by atoms with E-state index < -0.39 is 6.10 Å². The number of thiophene rings is 1. The summed E-state index contributed by atoms with van der Waals surface area (Å²) in [5.74, 6) is 1.08. The number of hydrogen-bond acceptors (Lipinski definition) is 7. The summed E-state index contributed by atoms with van der Waals surface area (Å²) < 4.78 is 5.41. The molecular formula is C26H36N4O3S. The van der Waals surface area contributed by atoms with E-state index in [0.717, 1.165) is 48.8 Å². The minimum absolute atomic E-state index is 0.104. The van der Waals surface area contributed by atoms with Crippen molar-refractivity contribution in [2.45, 2.75) is 40.3 Å². The van der Waals surface area contributed by atoms with E-state index in [1.54, 1.807) is 0 Å². The maximum Gasteiger partial charge on any atom is 0.260 e. The lowest BCUT2D eigenvalue weighted by Gasteiger charge is -2.31. The standard InChI is InChI=1S/C26H36N4O3S/c1-17(2)12-30(14-21(31)13-29-7-9-33-10-8-29)15-23-27-25(32)24-22(16-34-26(24)28-23)20-6-5-18(3)19(4)11-20/h5-6,11,16-17,21,31H,7-10,12-15H2,1-4H3,(H,27,28,32). The maximum absolute atomic E-state index is 13.1. The van der Waals surface area contributed by atoms with Crippen molar-refractivity contribution in [2.75, 3.05) is 45.9 Å². The van der Waals surface area contributed by atoms with E-state index in [1.807, 2.05) is 5.38 Å². The predicted octanol–water partition coefficient (Wildman–Crippen LogP) is 3.42. The molecule has 8 heteroatoms. The van der Waals surface area contributed by atoms with Gasteiger partial charge >= 0.3 is 0 Å². The third kappa shape index (κ3) is 6.12. The van der Waals surface area contributed by atoms with Gasteiger partial charge in [-0.3, -0.25) is 14.6 Å². The molecule has 0 radical (unpaired) electrons. The number of aliphatic hydroxyl groups excluding tert-OH is 1. The van der Waals surface area contributed by atoms with Crippen LogP contribution in [0.3, 0.4) is 0 Å². The van der Waals surface area contributed by atoms with Crippen molar-refractivity contribution in [1.82, 2.24) is 19.8 Å². The number of aromatic nitrogens is 2. The van der Waals surface area contributed by atoms with Gasteiger partial charge in [-0.05, 0) is 36.5 Å². The van der Waals surface area contributed by atoms with Crippen LogP contribution in [-0.4, -0.2) is 76.9 Å². The van der Waals surface area contributed by atoms with Gasteiger partial charge in [0.05, 0.1) is 31.2 Å². The lowest BCUT2D eigenvalue weighted by Crippen LogP contribution is -2.45. The van der Waals surface area contributed by atoms with Crippen LogP contribution in [0, 0.1) is 19.8 Å². The molecule has 1 fully saturated rings. The molecule has 1 aromatic carbocycles. The van der Waals surface area contributed by atoms with Crippen LogP contribution in [0.15, 0.2) is 28.4 Å². The topological polar surface area (TPSA) is 81.7 Å². The molecule has 1 saturated heterocycles. The van der Waals surface area contributed by atoms with Gasteiger partial charge < -0.3 is 14.8 Å². The Kier molecular flexibility index (Phi) is 8.16. The van der Waals surface area contributed by atoms with E-state index in [2.05, 4.69) is 60.7 Å². The summed E-state index contributed by atoms with van der Waals surface area (Å²) in [7, 11) is 0. The Morgan fingerprint density at radius 3 is 2.68 bits per heavy atom. The summed E-state index contributed by atoms with van der Waals surface area (Å²) in [4.78, 5) is 26.1. The van der Waals surface area contributed by atoms with Gasteiger partial charge in [0, 0.05) is 43.7 Å². The summed E-state index contributed by atoms with van der Waals surface area (Å²) in [6.07, 6.45) is -0.467. The van der Waals surface area contributed by atoms with Crippen LogP contribution in [0.2, 0.25) is 0 Å². The molecule has 2 aromatic heterocycles. The van der Waals surface area contributed by atoms with Gasteiger partial charge in [-0.2, -0.15) is 0 Å². The Morgan fingerprint density at radius 2 is 1.97 bits per heavy atom. The zero-order valence-electron chi connectivity index (χ0n) is 20.6. The molecule has 3 heterocycles. The van der Waals surface area contributed by atoms with Crippen molar-refractivity contribution in [3.05, 3.63) is 50.9 Å². The third-order valence-electron chi connectivity index (χ3n) is 6.35. The summed E-state index contributed by atoms with van der Waals surface area (Å²) in [6, 6.07) is 6.29. The number of aryl methyl sites for hydroxylation is 2. The van der Waals surface area contributed by atoms with Crippen molar-refractivity contribution in [2.24, 2.45) is 5.92 Å². The van der Waals surface area contributed by atoms with Gasteiger partial charge in [0.1, 0.15) is 10.7 Å². The molecule has 7 nitrogen and oxygen atoms in total. The second-order valence-corrected chi connectivity index (χ2v) is 10.7. The molecule has 34 heavy (non-hydrogen) atoms. The smallest absolute Gasteiger partial charge is 0.260 e. The van der Waals surface area contributed by atoms with Crippen molar-refractivity contribution in [3.63, 3.8) is 0 Å². The number of fused-ring (bicyclic) bond motifs is 1. The molecule has 0 bridgehead atoms. The van der Waals surface area contributed by atoms with Gasteiger partial charge in [0.25, 0.3) is 5.56 Å². The number of morpholine rings is 1. The SMILES string of the molecule is Cc1ccc(-c2csc3nc(CN(CC(C)C)CC(O)CN4CCOCC4)[nH]c(=O)c23)cc1C. The first kappa shape index (κ1) is 25.0. The van der Waals surface area contributed by atoms with Crippen LogP contribution >= 0.6 is 11.3 Å². The summed E-state index contributed by atoms with van der Waals surface area (Å²) in [6.45, 7) is 14.1. The number of H-pyrrole nitrogens is 1. The third-order valence-corrected chi connectivity index (χ3v) is 7.22. The molecular weight excluding hydrogens is 448 g/mol. The minimum Gasteiger partial charge on any atom is -0.390 e. The molecule has 0 aliphatic carbocycles. The second kappa shape index (κ2) is 11.1. The van der Waals surface area contributed by atoms with Crippen molar-refractivity contribution in [3.8, 4) is 11.1 Å². The summed E-state index contributed by atoms with van der Waals surface area (Å²) in [5.41, 5.74) is 4.31. The van der Waals surface area contributed by atoms with Crippen molar-refractivity contribution < 1.29 is 9.84 Å². The highest BCUT2D eigenvalue weighted by atomic mass is 32.1. The first-order valence-electron chi connectivity index (χ1n) is 12.1. The number of β-amino-alcohol motifs (C(OH)–C–C–N with tert-alkyl or cyclic N) is 1. The molecule has 1 unspecified atom stereocenters. The van der Waals surface area contributed by atoms with E-state index >= 15 is 0 Å². The first-order valence-corrected chi connectivity index (χ1v) is 13.0. The monoisotopic (exact) mass is 484 g/mol. The largest absolute Gasteiger partial charge is 0.390 e. The maximum atomic E-state index is 13.1. The molecule has 0 spiro atoms. The van der Waals surface area contributed by atoms with E-state index in [4.69, 9.17) is 9.72 Å². The highest BCUT2D eigenvalue weighted by Crippen LogP contribution is 2.31. The quantitative estimate of drug-likeness (QED) is 0.484. The van der Waals surface area contributed by atoms with Gasteiger partial charge in [-0.1, -0.05) is 32.0 Å². The highest BCUT2D eigenvalue weighted by molar-refractivity contribution is 7.17. The molecule has 1 atom stereocenters. The number of rotatable bonds is 9. The molecule has 3 aromatic rings. The lowest BCUT2D eigenvalue weighted by atomic mass is 10.0. The fourth-order valence-corrected chi connectivity index (χ4v) is 5.53. The van der Waals surface area contributed by atoms with E-state index in [0.29, 0.717) is 36.8 Å². The number of nitrogens with zero attached hydrogens (tertiary/aromatic N) is 3. The zero-order valence-corrected chi connectivity index (χ0v) is 21.5. The molecule has 184 valence electrons. The van der Waals surface area contributed by atoms with Crippen LogP contribution in [0.4, 0.5) is 0 Å². The van der Waals surface area contributed by atoms with Crippen LogP contribution in [0.5, 0.6) is 0 Å². The van der Waals surface area contributed by atoms with Gasteiger partial charge in [-0.15, -0.1) is 11.3 Å². The molecule has 0 saturated carbocycles. The molecule has 0 amide bonds. The van der Waals surface area contributed by atoms with Gasteiger partial charge in [0.2, 0.25) is 0 Å². The fourth-order valence-electron chi connectivity index (χ4n) is 4.56. The zero-order chi connectivity index (χ0) is 24.2. The van der Waals surface area contributed by atoms with E-state index in [9.17, 15) is 9.90 Å². The van der Waals surface area contributed by atoms with E-state index in [-0.39, 0.29) is 5.56 Å². The fraction of sp³-hybridized carbons (Fsp3) is 0.538. The number of aliphatic hydroxyl groups is 1. The molecule has 1 aliphatic rings. The van der Waals surface area contributed by atoms with Crippen LogP contribution in [0.25, 0.3) is 21.3 Å². The Bertz CT molecular complexity index is 1170. The summed E-state index contributed by atoms with van der Waals surface area (Å²) >= 11 is 1.51.